The summed E-state index contributed by atoms with van der Waals surface area (Å²) in [6.45, 7) is 3.25. The topological polar surface area (TPSA) is 17.1 Å². The van der Waals surface area contributed by atoms with Gasteiger partial charge in [0.25, 0.3) is 0 Å². The molecule has 0 fully saturated rings. The van der Waals surface area contributed by atoms with E-state index in [1.54, 1.807) is 0 Å². The Labute approximate surface area is 139 Å². The summed E-state index contributed by atoms with van der Waals surface area (Å²) in [6, 6.07) is 0. The number of rotatable bonds is 0. The summed E-state index contributed by atoms with van der Waals surface area (Å²) in [4.78, 5) is 7.75. The Hall–Kier alpha value is 3.76. The van der Waals surface area contributed by atoms with Crippen molar-refractivity contribution >= 4 is 6.79 Å². The normalized spacial score (nSPS) is 0.444. The first-order valence-electron chi connectivity index (χ1n) is 0.236. The molecule has 0 spiro atoms. The zero-order valence-electron chi connectivity index (χ0n) is 4.12. The molecule has 0 bridgehead atoms. The molecule has 0 aliphatic rings. The number of carbonyl (C=O) groups excluding carboxylic acids is 1. The fraction of sp³-hybridized carbons (Fsp3) is 0. The summed E-state index contributed by atoms with van der Waals surface area (Å²) >= 11 is 0. The van der Waals surface area contributed by atoms with Crippen molar-refractivity contribution in [2.24, 2.45) is 0 Å². The molecule has 0 saturated heterocycles. The third kappa shape index (κ3) is 79.2. The molecule has 9 heavy (non-hydrogen) atoms. The van der Waals surface area contributed by atoms with Gasteiger partial charge in [-0.2, -0.15) is 0 Å². The van der Waals surface area contributed by atoms with Crippen LogP contribution in [0.15, 0.2) is 0 Å². The van der Waals surface area contributed by atoms with Gasteiger partial charge in [-0.1, -0.05) is 0 Å². The summed E-state index contributed by atoms with van der Waals surface area (Å²) in [5.41, 5.74) is 0. The molecule has 0 N–H and O–H groups in total. The first-order chi connectivity index (χ1) is 1.00. The summed E-state index contributed by atoms with van der Waals surface area (Å²) in [6.07, 6.45) is 0. The van der Waals surface area contributed by atoms with Crippen LogP contribution in [0.1, 0.15) is 0 Å². The molecule has 0 aromatic heterocycles. The predicted molar refractivity (Wildman–Crippen MR) is 6.75 cm³/mol. The van der Waals surface area contributed by atoms with Crippen LogP contribution in [-0.4, -0.2) is 6.79 Å². The van der Waals surface area contributed by atoms with Gasteiger partial charge >= 0.3 is 0 Å². The molecule has 0 unspecified atom stereocenters. The van der Waals surface area contributed by atoms with E-state index in [-0.39, 0.29) is 130 Å². The first-order valence-corrected chi connectivity index (χ1v) is 0.236. The van der Waals surface area contributed by atoms with E-state index in [1.807, 2.05) is 0 Å². The second-order valence-corrected chi connectivity index (χ2v) is 0. The van der Waals surface area contributed by atoms with E-state index in [2.05, 4.69) is 6.79 Å². The van der Waals surface area contributed by atoms with E-state index in [0.29, 0.717) is 0 Å². The second kappa shape index (κ2) is 96.3. The maximum Gasteiger partial charge on any atom is 0 e. The largest absolute Gasteiger partial charge is 0.545 e. The average Bonchev–Trinajstić information content (AvgIpc) is 1.00. The Morgan fingerprint density at radius 3 is 0.444 bits per heavy atom. The minimum absolute atomic E-state index is 0. The Balaban J connectivity index is -0.000000000238. The van der Waals surface area contributed by atoms with Crippen molar-refractivity contribution < 1.29 is 135 Å². The molecule has 8 heteroatoms. The van der Waals surface area contributed by atoms with E-state index in [9.17, 15) is 0 Å². The zero-order chi connectivity index (χ0) is 2.00. The van der Waals surface area contributed by atoms with Gasteiger partial charge in [-0.05, 0) is 0 Å². The molecule has 0 aliphatic carbocycles. The third-order valence-corrected chi connectivity index (χ3v) is 0. The maximum atomic E-state index is 7.75. The summed E-state index contributed by atoms with van der Waals surface area (Å²) < 4.78 is 0. The minimum atomic E-state index is 0. The molecule has 47 valence electrons. The molecule has 0 rings (SSSR count). The molecular weight excluding hydrogens is 385 g/mol. The molecule has 1 nitrogen and oxygen atoms in total. The van der Waals surface area contributed by atoms with Crippen molar-refractivity contribution in [3.63, 3.8) is 0 Å². The van der Waals surface area contributed by atoms with E-state index in [4.69, 9.17) is 4.79 Å². The minimum Gasteiger partial charge on any atom is -0.545 e. The number of hydrogen-bond acceptors (Lipinski definition) is 1. The first kappa shape index (κ1) is 77.9. The smallest absolute Gasteiger partial charge is 0 e. The van der Waals surface area contributed by atoms with Crippen molar-refractivity contribution in [3.8, 4) is 0 Å². The Morgan fingerprint density at radius 1 is 0.444 bits per heavy atom. The van der Waals surface area contributed by atoms with E-state index < -0.39 is 0 Å². The monoisotopic (exact) mass is 386 g/mol. The molecule has 0 atom stereocenters. The third-order valence-electron chi connectivity index (χ3n) is 0. The van der Waals surface area contributed by atoms with Crippen molar-refractivity contribution in [3.05, 3.63) is 0 Å². The van der Waals surface area contributed by atoms with Crippen LogP contribution in [0.3, 0.4) is 0 Å². The van der Waals surface area contributed by atoms with Gasteiger partial charge in [-0.3, -0.25) is 6.79 Å². The van der Waals surface area contributed by atoms with Crippen LogP contribution in [0.4, 0.5) is 0 Å². The van der Waals surface area contributed by atoms with Crippen LogP contribution < -0.4 is 0 Å². The molecule has 0 aromatic carbocycles. The van der Waals surface area contributed by atoms with Gasteiger partial charge in [-0.15, -0.1) is 0 Å². The summed E-state index contributed by atoms with van der Waals surface area (Å²) in [5, 5.41) is 0. The molecule has 7 radical (unpaired) electrons. The molecular formula is CHOV7-. The van der Waals surface area contributed by atoms with Crippen LogP contribution >= 0.6 is 0 Å². The Bertz CT molecular complexity index is 8.88. The van der Waals surface area contributed by atoms with Crippen molar-refractivity contribution in [1.29, 1.82) is 0 Å². The fourth-order valence-electron chi connectivity index (χ4n) is 0. The standard InChI is InChI=1S/CHO.7V/c1-2;;;;;;;/h1H;;;;;;;/q-1;;;;;;;. The van der Waals surface area contributed by atoms with Gasteiger partial charge in [0.05, 0.1) is 0 Å². The van der Waals surface area contributed by atoms with Crippen molar-refractivity contribution in [2.45, 2.75) is 0 Å². The Morgan fingerprint density at radius 2 is 0.444 bits per heavy atom. The molecule has 0 heterocycles. The van der Waals surface area contributed by atoms with Gasteiger partial charge in [0.2, 0.25) is 0 Å². The van der Waals surface area contributed by atoms with Crippen LogP contribution in [0.5, 0.6) is 0 Å². The van der Waals surface area contributed by atoms with Gasteiger partial charge in [0.1, 0.15) is 0 Å². The molecule has 0 aromatic rings. The van der Waals surface area contributed by atoms with E-state index >= 15 is 0 Å². The van der Waals surface area contributed by atoms with E-state index in [0.717, 1.165) is 0 Å². The second-order valence-electron chi connectivity index (χ2n) is 0. The maximum absolute atomic E-state index is 7.75. The molecule has 0 amide bonds. The van der Waals surface area contributed by atoms with Gasteiger partial charge in [0.15, 0.2) is 0 Å². The quantitative estimate of drug-likeness (QED) is 0.414. The van der Waals surface area contributed by atoms with E-state index in [1.165, 1.54) is 0 Å². The van der Waals surface area contributed by atoms with Crippen LogP contribution in [0, 0.1) is 0 Å². The van der Waals surface area contributed by atoms with Gasteiger partial charge in [0, 0.05) is 130 Å². The fourth-order valence-corrected chi connectivity index (χ4v) is 0. The van der Waals surface area contributed by atoms with Crippen LogP contribution in [0.25, 0.3) is 0 Å². The Kier molecular flexibility index (Phi) is 833. The number of hydrogen-bond donors (Lipinski definition) is 0. The summed E-state index contributed by atoms with van der Waals surface area (Å²) in [7, 11) is 0. The average molecular weight is 386 g/mol. The van der Waals surface area contributed by atoms with Crippen molar-refractivity contribution in [1.82, 2.24) is 0 Å². The molecule has 0 aliphatic heterocycles. The van der Waals surface area contributed by atoms with Crippen LogP contribution in [-0.2, 0) is 135 Å². The van der Waals surface area contributed by atoms with Crippen molar-refractivity contribution in [2.75, 3.05) is 0 Å². The SMILES string of the molecule is [CH-]=O.[V].[V].[V].[V].[V].[V].[V]. The zero-order valence-corrected chi connectivity index (χ0v) is 13.9. The van der Waals surface area contributed by atoms with Crippen LogP contribution in [0.2, 0.25) is 0 Å². The van der Waals surface area contributed by atoms with Gasteiger partial charge < -0.3 is 4.79 Å². The predicted octanol–water partition coefficient (Wildman–Crippen LogP) is -0.292. The molecule has 0 saturated carbocycles. The summed E-state index contributed by atoms with van der Waals surface area (Å²) in [5.74, 6) is 0. The van der Waals surface area contributed by atoms with Gasteiger partial charge in [-0.25, -0.2) is 0 Å².